The van der Waals surface area contributed by atoms with Gasteiger partial charge in [0.05, 0.1) is 6.61 Å². The number of rotatable bonds is 5. The van der Waals surface area contributed by atoms with E-state index in [0.717, 1.165) is 0 Å². The summed E-state index contributed by atoms with van der Waals surface area (Å²) in [5, 5.41) is 8.56. The molecule has 0 radical (unpaired) electrons. The number of carbonyl (C=O) groups is 2. The zero-order valence-electron chi connectivity index (χ0n) is 8.68. The zero-order chi connectivity index (χ0) is 11.5. The lowest BCUT2D eigenvalue weighted by Crippen LogP contribution is -2.12. The molecule has 1 saturated carbocycles. The Hall–Kier alpha value is -1.84. The Bertz CT molecular complexity index is 421. The third-order valence-electron chi connectivity index (χ3n) is 2.47. The van der Waals surface area contributed by atoms with Gasteiger partial charge in [-0.15, -0.1) is 0 Å². The SMILES string of the molecule is O=C(O)C(=O)c1cccc(OCC2CC2)c1. The maximum absolute atomic E-state index is 11.2. The average molecular weight is 220 g/mol. The van der Waals surface area contributed by atoms with Gasteiger partial charge in [-0.2, -0.15) is 0 Å². The van der Waals surface area contributed by atoms with Gasteiger partial charge in [-0.25, -0.2) is 4.79 Å². The van der Waals surface area contributed by atoms with E-state index in [1.807, 2.05) is 0 Å². The van der Waals surface area contributed by atoms with Gasteiger partial charge in [-0.1, -0.05) is 12.1 Å². The summed E-state index contributed by atoms with van der Waals surface area (Å²) in [6, 6.07) is 6.29. The molecule has 0 heterocycles. The molecule has 84 valence electrons. The molecule has 0 spiro atoms. The summed E-state index contributed by atoms with van der Waals surface area (Å²) in [7, 11) is 0. The third-order valence-corrected chi connectivity index (χ3v) is 2.47. The number of benzene rings is 1. The second-order valence-electron chi connectivity index (χ2n) is 3.92. The molecule has 1 fully saturated rings. The highest BCUT2D eigenvalue weighted by Crippen LogP contribution is 2.29. The first-order valence-corrected chi connectivity index (χ1v) is 5.17. The minimum Gasteiger partial charge on any atom is -0.493 e. The lowest BCUT2D eigenvalue weighted by Gasteiger charge is -2.05. The van der Waals surface area contributed by atoms with Crippen molar-refractivity contribution in [1.82, 2.24) is 0 Å². The fourth-order valence-electron chi connectivity index (χ4n) is 1.35. The molecule has 1 aromatic rings. The highest BCUT2D eigenvalue weighted by Gasteiger charge is 2.22. The quantitative estimate of drug-likeness (QED) is 0.606. The van der Waals surface area contributed by atoms with Gasteiger partial charge in [-0.3, -0.25) is 4.79 Å². The molecule has 0 unspecified atom stereocenters. The van der Waals surface area contributed by atoms with Crippen LogP contribution in [0, 0.1) is 5.92 Å². The van der Waals surface area contributed by atoms with Gasteiger partial charge in [-0.05, 0) is 30.9 Å². The summed E-state index contributed by atoms with van der Waals surface area (Å²) in [6.07, 6.45) is 2.38. The number of carbonyl (C=O) groups excluding carboxylic acids is 1. The monoisotopic (exact) mass is 220 g/mol. The van der Waals surface area contributed by atoms with Crippen molar-refractivity contribution < 1.29 is 19.4 Å². The average Bonchev–Trinajstić information content (AvgIpc) is 3.09. The first-order chi connectivity index (χ1) is 7.66. The number of hydrogen-bond acceptors (Lipinski definition) is 3. The molecule has 0 saturated heterocycles. The Labute approximate surface area is 92.8 Å². The minimum absolute atomic E-state index is 0.154. The number of ether oxygens (including phenoxy) is 1. The molecule has 2 rings (SSSR count). The van der Waals surface area contributed by atoms with Crippen LogP contribution in [-0.2, 0) is 4.79 Å². The molecular formula is C12H12O4. The maximum atomic E-state index is 11.2. The van der Waals surface area contributed by atoms with Gasteiger partial charge >= 0.3 is 5.97 Å². The van der Waals surface area contributed by atoms with Crippen molar-refractivity contribution in [1.29, 1.82) is 0 Å². The van der Waals surface area contributed by atoms with Gasteiger partial charge in [0, 0.05) is 5.56 Å². The van der Waals surface area contributed by atoms with E-state index in [4.69, 9.17) is 9.84 Å². The molecule has 1 N–H and O–H groups in total. The highest BCUT2D eigenvalue weighted by molar-refractivity contribution is 6.39. The molecule has 0 aromatic heterocycles. The van der Waals surface area contributed by atoms with Crippen LogP contribution < -0.4 is 4.74 Å². The van der Waals surface area contributed by atoms with E-state index in [2.05, 4.69) is 0 Å². The Morgan fingerprint density at radius 1 is 1.38 bits per heavy atom. The maximum Gasteiger partial charge on any atom is 0.377 e. The van der Waals surface area contributed by atoms with E-state index in [-0.39, 0.29) is 5.56 Å². The van der Waals surface area contributed by atoms with Crippen molar-refractivity contribution in [2.45, 2.75) is 12.8 Å². The Morgan fingerprint density at radius 3 is 2.75 bits per heavy atom. The van der Waals surface area contributed by atoms with Gasteiger partial charge in [0.15, 0.2) is 0 Å². The Kier molecular flexibility index (Phi) is 2.90. The second kappa shape index (κ2) is 4.35. The van der Waals surface area contributed by atoms with E-state index in [1.54, 1.807) is 12.1 Å². The summed E-state index contributed by atoms with van der Waals surface area (Å²) in [5.41, 5.74) is 0.154. The summed E-state index contributed by atoms with van der Waals surface area (Å²) in [6.45, 7) is 0.644. The van der Waals surface area contributed by atoms with Crippen molar-refractivity contribution in [3.05, 3.63) is 29.8 Å². The van der Waals surface area contributed by atoms with Crippen LogP contribution in [0.2, 0.25) is 0 Å². The number of carboxylic acid groups (broad SMARTS) is 1. The molecular weight excluding hydrogens is 208 g/mol. The van der Waals surface area contributed by atoms with Crippen LogP contribution in [0.25, 0.3) is 0 Å². The lowest BCUT2D eigenvalue weighted by molar-refractivity contribution is -0.131. The molecule has 0 amide bonds. The molecule has 16 heavy (non-hydrogen) atoms. The molecule has 4 nitrogen and oxygen atoms in total. The topological polar surface area (TPSA) is 63.6 Å². The van der Waals surface area contributed by atoms with Crippen LogP contribution in [0.1, 0.15) is 23.2 Å². The van der Waals surface area contributed by atoms with Crippen LogP contribution in [0.4, 0.5) is 0 Å². The molecule has 1 aromatic carbocycles. The summed E-state index contributed by atoms with van der Waals surface area (Å²) >= 11 is 0. The van der Waals surface area contributed by atoms with Crippen LogP contribution in [-0.4, -0.2) is 23.5 Å². The standard InChI is InChI=1S/C12H12O4/c13-11(12(14)15)9-2-1-3-10(6-9)16-7-8-4-5-8/h1-3,6,8H,4-5,7H2,(H,14,15). The van der Waals surface area contributed by atoms with E-state index < -0.39 is 11.8 Å². The molecule has 4 heteroatoms. The summed E-state index contributed by atoms with van der Waals surface area (Å²) in [4.78, 5) is 21.7. The van der Waals surface area contributed by atoms with E-state index in [1.165, 1.54) is 25.0 Å². The molecule has 0 atom stereocenters. The second-order valence-corrected chi connectivity index (χ2v) is 3.92. The zero-order valence-corrected chi connectivity index (χ0v) is 8.68. The largest absolute Gasteiger partial charge is 0.493 e. The Morgan fingerprint density at radius 2 is 2.12 bits per heavy atom. The van der Waals surface area contributed by atoms with E-state index in [0.29, 0.717) is 18.3 Å². The van der Waals surface area contributed by atoms with Crippen molar-refractivity contribution in [3.63, 3.8) is 0 Å². The van der Waals surface area contributed by atoms with Crippen LogP contribution in [0.3, 0.4) is 0 Å². The first kappa shape index (κ1) is 10.7. The first-order valence-electron chi connectivity index (χ1n) is 5.17. The molecule has 0 aliphatic heterocycles. The number of carboxylic acids is 1. The predicted molar refractivity (Wildman–Crippen MR) is 56.6 cm³/mol. The summed E-state index contributed by atoms with van der Waals surface area (Å²) in [5.74, 6) is -1.17. The normalized spacial score (nSPS) is 14.5. The fraction of sp³-hybridized carbons (Fsp3) is 0.333. The van der Waals surface area contributed by atoms with E-state index in [9.17, 15) is 9.59 Å². The Balaban J connectivity index is 2.05. The number of hydrogen-bond donors (Lipinski definition) is 1. The number of Topliss-reactive ketones (excluding diaryl/α,β-unsaturated/α-hetero) is 1. The van der Waals surface area contributed by atoms with Crippen LogP contribution in [0.5, 0.6) is 5.75 Å². The lowest BCUT2D eigenvalue weighted by atomic mass is 10.1. The van der Waals surface area contributed by atoms with Gasteiger partial charge in [0.2, 0.25) is 0 Å². The number of aliphatic carboxylic acids is 1. The number of ketones is 1. The van der Waals surface area contributed by atoms with Crippen LogP contribution in [0.15, 0.2) is 24.3 Å². The van der Waals surface area contributed by atoms with Crippen molar-refractivity contribution in [3.8, 4) is 5.75 Å². The highest BCUT2D eigenvalue weighted by atomic mass is 16.5. The molecule has 1 aliphatic carbocycles. The predicted octanol–water partition coefficient (Wildman–Crippen LogP) is 1.74. The van der Waals surface area contributed by atoms with Gasteiger partial charge in [0.1, 0.15) is 5.75 Å². The van der Waals surface area contributed by atoms with Gasteiger partial charge in [0.25, 0.3) is 5.78 Å². The van der Waals surface area contributed by atoms with Crippen LogP contribution >= 0.6 is 0 Å². The fourth-order valence-corrected chi connectivity index (χ4v) is 1.35. The van der Waals surface area contributed by atoms with Crippen molar-refractivity contribution in [2.75, 3.05) is 6.61 Å². The minimum atomic E-state index is -1.45. The third kappa shape index (κ3) is 2.59. The van der Waals surface area contributed by atoms with Crippen molar-refractivity contribution >= 4 is 11.8 Å². The summed E-state index contributed by atoms with van der Waals surface area (Å²) < 4.78 is 5.46. The molecule has 0 bridgehead atoms. The smallest absolute Gasteiger partial charge is 0.377 e. The van der Waals surface area contributed by atoms with Crippen molar-refractivity contribution in [2.24, 2.45) is 5.92 Å². The molecule has 1 aliphatic rings. The van der Waals surface area contributed by atoms with Gasteiger partial charge < -0.3 is 9.84 Å². The van der Waals surface area contributed by atoms with E-state index >= 15 is 0 Å².